The first-order valence-corrected chi connectivity index (χ1v) is 6.94. The number of benzene rings is 2. The van der Waals surface area contributed by atoms with E-state index in [1.165, 1.54) is 18.2 Å². The van der Waals surface area contributed by atoms with Crippen molar-refractivity contribution in [2.75, 3.05) is 12.4 Å². The zero-order chi connectivity index (χ0) is 17.5. The van der Waals surface area contributed by atoms with Gasteiger partial charge in [0.25, 0.3) is 5.91 Å². The number of carbonyl (C=O) groups is 2. The molecule has 2 N–H and O–H groups in total. The van der Waals surface area contributed by atoms with Crippen molar-refractivity contribution in [1.82, 2.24) is 0 Å². The maximum Gasteiger partial charge on any atom is 0.337 e. The predicted molar refractivity (Wildman–Crippen MR) is 88.6 cm³/mol. The number of aromatic carboxylic acids is 1. The molecule has 6 heteroatoms. The molecule has 0 saturated carbocycles. The number of amides is 1. The molecule has 0 spiro atoms. The lowest BCUT2D eigenvalue weighted by Crippen LogP contribution is -2.16. The summed E-state index contributed by atoms with van der Waals surface area (Å²) >= 11 is 0. The molecular formula is C18H14N2O4. The quantitative estimate of drug-likeness (QED) is 0.651. The Morgan fingerprint density at radius 3 is 2.42 bits per heavy atom. The van der Waals surface area contributed by atoms with Gasteiger partial charge in [0, 0.05) is 0 Å². The number of nitriles is 1. The van der Waals surface area contributed by atoms with E-state index in [-0.39, 0.29) is 16.8 Å². The largest absolute Gasteiger partial charge is 0.497 e. The van der Waals surface area contributed by atoms with Gasteiger partial charge in [0.05, 0.1) is 18.4 Å². The second-order valence-corrected chi connectivity index (χ2v) is 4.75. The standard InChI is InChI=1S/C18H14N2O4/c1-24-14-8-6-12(7-9-14)10-13(11-19)17(21)20-16-5-3-2-4-15(16)18(22)23/h2-10H,1H3,(H,20,21)(H,22,23)/b13-10+. The molecule has 0 aliphatic rings. The normalized spacial score (nSPS) is 10.6. The SMILES string of the molecule is COc1ccc(/C=C(\C#N)C(=O)Nc2ccccc2C(=O)O)cc1. The summed E-state index contributed by atoms with van der Waals surface area (Å²) in [5, 5.41) is 20.8. The summed E-state index contributed by atoms with van der Waals surface area (Å²) in [7, 11) is 1.54. The van der Waals surface area contributed by atoms with Crippen LogP contribution in [0.4, 0.5) is 5.69 Å². The van der Waals surface area contributed by atoms with Crippen molar-refractivity contribution >= 4 is 23.6 Å². The van der Waals surface area contributed by atoms with Crippen LogP contribution in [0.25, 0.3) is 6.08 Å². The highest BCUT2D eigenvalue weighted by atomic mass is 16.5. The lowest BCUT2D eigenvalue weighted by atomic mass is 10.1. The third kappa shape index (κ3) is 3.99. The number of carboxylic acid groups (broad SMARTS) is 1. The van der Waals surface area contributed by atoms with E-state index in [1.807, 2.05) is 6.07 Å². The van der Waals surface area contributed by atoms with E-state index in [1.54, 1.807) is 43.5 Å². The summed E-state index contributed by atoms with van der Waals surface area (Å²) in [4.78, 5) is 23.4. The molecule has 0 heterocycles. The minimum atomic E-state index is -1.16. The molecule has 0 aliphatic heterocycles. The molecule has 1 amide bonds. The van der Waals surface area contributed by atoms with Crippen LogP contribution in [-0.2, 0) is 4.79 Å². The number of hydrogen-bond acceptors (Lipinski definition) is 4. The first kappa shape index (κ1) is 16.8. The number of anilines is 1. The number of nitrogens with one attached hydrogen (secondary N) is 1. The smallest absolute Gasteiger partial charge is 0.337 e. The molecule has 0 aromatic heterocycles. The highest BCUT2D eigenvalue weighted by Crippen LogP contribution is 2.17. The molecule has 0 unspecified atom stereocenters. The summed E-state index contributed by atoms with van der Waals surface area (Å²) in [6.07, 6.45) is 1.41. The van der Waals surface area contributed by atoms with E-state index >= 15 is 0 Å². The second-order valence-electron chi connectivity index (χ2n) is 4.75. The Hall–Kier alpha value is -3.59. The van der Waals surface area contributed by atoms with Gasteiger partial charge in [0.15, 0.2) is 0 Å². The Bertz CT molecular complexity index is 833. The van der Waals surface area contributed by atoms with Crippen molar-refractivity contribution in [1.29, 1.82) is 5.26 Å². The number of para-hydroxylation sites is 1. The number of methoxy groups -OCH3 is 1. The van der Waals surface area contributed by atoms with E-state index in [0.717, 1.165) is 0 Å². The first-order valence-electron chi connectivity index (χ1n) is 6.94. The summed E-state index contributed by atoms with van der Waals surface area (Å²) < 4.78 is 5.04. The Morgan fingerprint density at radius 1 is 1.17 bits per heavy atom. The van der Waals surface area contributed by atoms with Crippen LogP contribution < -0.4 is 10.1 Å². The zero-order valence-corrected chi connectivity index (χ0v) is 12.8. The average molecular weight is 322 g/mol. The molecule has 2 rings (SSSR count). The van der Waals surface area contributed by atoms with Gasteiger partial charge >= 0.3 is 5.97 Å². The average Bonchev–Trinajstić information content (AvgIpc) is 2.60. The second kappa shape index (κ2) is 7.61. The Morgan fingerprint density at radius 2 is 1.83 bits per heavy atom. The van der Waals surface area contributed by atoms with Gasteiger partial charge in [-0.15, -0.1) is 0 Å². The fourth-order valence-electron chi connectivity index (χ4n) is 1.98. The molecule has 2 aromatic carbocycles. The summed E-state index contributed by atoms with van der Waals surface area (Å²) in [6, 6.07) is 14.6. The number of rotatable bonds is 5. The van der Waals surface area contributed by atoms with Crippen LogP contribution in [0.2, 0.25) is 0 Å². The Labute approximate surface area is 138 Å². The predicted octanol–water partition coefficient (Wildman–Crippen LogP) is 2.94. The third-order valence-electron chi connectivity index (χ3n) is 3.20. The summed E-state index contributed by atoms with van der Waals surface area (Å²) in [5.41, 5.74) is 0.591. The number of carboxylic acids is 1. The monoisotopic (exact) mass is 322 g/mol. The van der Waals surface area contributed by atoms with Crippen molar-refractivity contribution in [3.05, 3.63) is 65.2 Å². The number of ether oxygens (including phenoxy) is 1. The van der Waals surface area contributed by atoms with Crippen LogP contribution in [0.5, 0.6) is 5.75 Å². The molecule has 0 radical (unpaired) electrons. The van der Waals surface area contributed by atoms with Crippen LogP contribution in [0.1, 0.15) is 15.9 Å². The van der Waals surface area contributed by atoms with Crippen LogP contribution in [0.3, 0.4) is 0 Å². The zero-order valence-electron chi connectivity index (χ0n) is 12.8. The lowest BCUT2D eigenvalue weighted by molar-refractivity contribution is -0.112. The fourth-order valence-corrected chi connectivity index (χ4v) is 1.98. The first-order chi connectivity index (χ1) is 11.5. The van der Waals surface area contributed by atoms with Gasteiger partial charge in [-0.05, 0) is 35.9 Å². The molecule has 0 bridgehead atoms. The minimum Gasteiger partial charge on any atom is -0.497 e. The molecule has 0 aliphatic carbocycles. The van der Waals surface area contributed by atoms with Gasteiger partial charge in [-0.25, -0.2) is 4.79 Å². The van der Waals surface area contributed by atoms with Gasteiger partial charge < -0.3 is 15.2 Å². The number of carbonyl (C=O) groups excluding carboxylic acids is 1. The van der Waals surface area contributed by atoms with Gasteiger partial charge in [-0.2, -0.15) is 5.26 Å². The van der Waals surface area contributed by atoms with E-state index in [4.69, 9.17) is 9.84 Å². The van der Waals surface area contributed by atoms with E-state index in [2.05, 4.69) is 5.32 Å². The van der Waals surface area contributed by atoms with Crippen LogP contribution in [0, 0.1) is 11.3 Å². The number of hydrogen-bond donors (Lipinski definition) is 2. The Balaban J connectivity index is 2.25. The van der Waals surface area contributed by atoms with Crippen LogP contribution in [0.15, 0.2) is 54.1 Å². The Kier molecular flexibility index (Phi) is 5.32. The topological polar surface area (TPSA) is 99.4 Å². The van der Waals surface area contributed by atoms with E-state index < -0.39 is 11.9 Å². The van der Waals surface area contributed by atoms with Crippen molar-refractivity contribution < 1.29 is 19.4 Å². The maximum absolute atomic E-state index is 12.2. The third-order valence-corrected chi connectivity index (χ3v) is 3.20. The summed E-state index contributed by atoms with van der Waals surface area (Å²) in [6.45, 7) is 0. The van der Waals surface area contributed by atoms with Crippen LogP contribution >= 0.6 is 0 Å². The van der Waals surface area contributed by atoms with Gasteiger partial charge in [0.1, 0.15) is 17.4 Å². The fraction of sp³-hybridized carbons (Fsp3) is 0.0556. The molecule has 0 atom stereocenters. The molecule has 120 valence electrons. The van der Waals surface area contributed by atoms with Crippen molar-refractivity contribution in [2.24, 2.45) is 0 Å². The number of nitrogens with zero attached hydrogens (tertiary/aromatic N) is 1. The molecular weight excluding hydrogens is 308 g/mol. The molecule has 2 aromatic rings. The van der Waals surface area contributed by atoms with E-state index in [0.29, 0.717) is 11.3 Å². The van der Waals surface area contributed by atoms with Gasteiger partial charge in [-0.1, -0.05) is 24.3 Å². The lowest BCUT2D eigenvalue weighted by Gasteiger charge is -2.07. The van der Waals surface area contributed by atoms with Crippen molar-refractivity contribution in [2.45, 2.75) is 0 Å². The highest BCUT2D eigenvalue weighted by molar-refractivity contribution is 6.11. The van der Waals surface area contributed by atoms with Gasteiger partial charge in [0.2, 0.25) is 0 Å². The highest BCUT2D eigenvalue weighted by Gasteiger charge is 2.14. The minimum absolute atomic E-state index is 0.0485. The van der Waals surface area contributed by atoms with Crippen molar-refractivity contribution in [3.8, 4) is 11.8 Å². The summed E-state index contributed by atoms with van der Waals surface area (Å²) in [5.74, 6) is -1.18. The van der Waals surface area contributed by atoms with Crippen LogP contribution in [-0.4, -0.2) is 24.1 Å². The molecule has 6 nitrogen and oxygen atoms in total. The molecule has 0 fully saturated rings. The van der Waals surface area contributed by atoms with Gasteiger partial charge in [-0.3, -0.25) is 4.79 Å². The maximum atomic E-state index is 12.2. The molecule has 0 saturated heterocycles. The van der Waals surface area contributed by atoms with Crippen molar-refractivity contribution in [3.63, 3.8) is 0 Å². The van der Waals surface area contributed by atoms with E-state index in [9.17, 15) is 14.9 Å². The molecule has 24 heavy (non-hydrogen) atoms.